The summed E-state index contributed by atoms with van der Waals surface area (Å²) in [5.74, 6) is 3.89. The average Bonchev–Trinajstić information content (AvgIpc) is 2.76. The minimum Gasteiger partial charge on any atom is -0.327 e. The van der Waals surface area contributed by atoms with E-state index in [-0.39, 0.29) is 0 Å². The van der Waals surface area contributed by atoms with E-state index >= 15 is 0 Å². The third-order valence-electron chi connectivity index (χ3n) is 4.99. The third-order valence-corrected chi connectivity index (χ3v) is 4.99. The van der Waals surface area contributed by atoms with E-state index in [1.807, 2.05) is 0 Å². The van der Waals surface area contributed by atoms with Gasteiger partial charge >= 0.3 is 0 Å². The van der Waals surface area contributed by atoms with Gasteiger partial charge in [0.05, 0.1) is 0 Å². The number of nitrogens with two attached hydrogens (primary N) is 1. The van der Waals surface area contributed by atoms with Gasteiger partial charge in [-0.3, -0.25) is 0 Å². The van der Waals surface area contributed by atoms with Gasteiger partial charge in [-0.1, -0.05) is 25.7 Å². The molecule has 0 aromatic heterocycles. The lowest BCUT2D eigenvalue weighted by atomic mass is 9.76. The average molecular weight is 179 g/mol. The van der Waals surface area contributed by atoms with Crippen LogP contribution in [0.1, 0.15) is 44.9 Å². The summed E-state index contributed by atoms with van der Waals surface area (Å²) in [5.41, 5.74) is 6.34. The second kappa shape index (κ2) is 2.98. The number of hydrogen-bond acceptors (Lipinski definition) is 1. The summed E-state index contributed by atoms with van der Waals surface area (Å²) >= 11 is 0. The Hall–Kier alpha value is -0.0400. The van der Waals surface area contributed by atoms with Gasteiger partial charge in [-0.25, -0.2) is 0 Å². The molecule has 0 spiro atoms. The van der Waals surface area contributed by atoms with E-state index < -0.39 is 0 Å². The van der Waals surface area contributed by atoms with Crippen LogP contribution in [-0.2, 0) is 0 Å². The Balaban J connectivity index is 1.76. The van der Waals surface area contributed by atoms with Crippen molar-refractivity contribution in [1.29, 1.82) is 0 Å². The number of fused-ring (bicyclic) bond motifs is 2. The topological polar surface area (TPSA) is 26.0 Å². The molecule has 0 aromatic carbocycles. The van der Waals surface area contributed by atoms with Gasteiger partial charge in [0.25, 0.3) is 0 Å². The van der Waals surface area contributed by atoms with Crippen LogP contribution in [0.4, 0.5) is 0 Å². The highest BCUT2D eigenvalue weighted by Crippen LogP contribution is 2.53. The highest BCUT2D eigenvalue weighted by atomic mass is 14.7. The molecule has 2 bridgehead atoms. The summed E-state index contributed by atoms with van der Waals surface area (Å²) in [5, 5.41) is 0. The Bertz CT molecular complexity index is 193. The molecule has 13 heavy (non-hydrogen) atoms. The molecule has 0 heterocycles. The van der Waals surface area contributed by atoms with Crippen LogP contribution in [0.25, 0.3) is 0 Å². The lowest BCUT2D eigenvalue weighted by Gasteiger charge is -2.32. The maximum Gasteiger partial charge on any atom is 0.0101 e. The quantitative estimate of drug-likeness (QED) is 0.657. The third kappa shape index (κ3) is 1.16. The highest BCUT2D eigenvalue weighted by Gasteiger charge is 2.48. The first kappa shape index (κ1) is 8.28. The van der Waals surface area contributed by atoms with Crippen molar-refractivity contribution < 1.29 is 0 Å². The van der Waals surface area contributed by atoms with E-state index in [1.54, 1.807) is 0 Å². The van der Waals surface area contributed by atoms with Crippen molar-refractivity contribution in [2.75, 3.05) is 0 Å². The molecular formula is C12H21N. The zero-order chi connectivity index (χ0) is 8.84. The van der Waals surface area contributed by atoms with Crippen molar-refractivity contribution in [2.45, 2.75) is 51.0 Å². The van der Waals surface area contributed by atoms with Crippen LogP contribution in [0.2, 0.25) is 0 Å². The lowest BCUT2D eigenvalue weighted by Crippen LogP contribution is -2.39. The van der Waals surface area contributed by atoms with E-state index in [0.717, 1.165) is 23.7 Å². The fourth-order valence-electron chi connectivity index (χ4n) is 4.42. The Kier molecular flexibility index (Phi) is 1.90. The van der Waals surface area contributed by atoms with Crippen LogP contribution in [-0.4, -0.2) is 6.04 Å². The molecule has 2 N–H and O–H groups in total. The minimum absolute atomic E-state index is 0.585. The largest absolute Gasteiger partial charge is 0.327 e. The molecule has 0 aromatic rings. The molecule has 0 unspecified atom stereocenters. The van der Waals surface area contributed by atoms with Gasteiger partial charge < -0.3 is 5.73 Å². The minimum atomic E-state index is 0.585. The summed E-state index contributed by atoms with van der Waals surface area (Å²) in [4.78, 5) is 0. The predicted octanol–water partition coefficient (Wildman–Crippen LogP) is 2.55. The summed E-state index contributed by atoms with van der Waals surface area (Å²) in [7, 11) is 0. The second-order valence-electron chi connectivity index (χ2n) is 5.53. The molecule has 3 rings (SSSR count). The van der Waals surface area contributed by atoms with Gasteiger partial charge in [0.1, 0.15) is 0 Å². The first-order valence-corrected chi connectivity index (χ1v) is 6.12. The van der Waals surface area contributed by atoms with Crippen molar-refractivity contribution in [3.63, 3.8) is 0 Å². The monoisotopic (exact) mass is 179 g/mol. The molecule has 0 radical (unpaired) electrons. The number of hydrogen-bond donors (Lipinski definition) is 1. The zero-order valence-electron chi connectivity index (χ0n) is 8.41. The first-order chi connectivity index (χ1) is 6.36. The van der Waals surface area contributed by atoms with E-state index in [1.165, 1.54) is 44.9 Å². The zero-order valence-corrected chi connectivity index (χ0v) is 8.41. The summed E-state index contributed by atoms with van der Waals surface area (Å²) in [6.45, 7) is 0. The van der Waals surface area contributed by atoms with Crippen LogP contribution < -0.4 is 5.73 Å². The van der Waals surface area contributed by atoms with Crippen LogP contribution in [0.3, 0.4) is 0 Å². The highest BCUT2D eigenvalue weighted by molar-refractivity contribution is 5.01. The molecular weight excluding hydrogens is 158 g/mol. The second-order valence-corrected chi connectivity index (χ2v) is 5.53. The van der Waals surface area contributed by atoms with E-state index in [9.17, 15) is 0 Å². The molecule has 0 aliphatic heterocycles. The van der Waals surface area contributed by atoms with Crippen molar-refractivity contribution in [2.24, 2.45) is 29.4 Å². The van der Waals surface area contributed by atoms with Crippen LogP contribution in [0, 0.1) is 23.7 Å². The van der Waals surface area contributed by atoms with Gasteiger partial charge in [-0.15, -0.1) is 0 Å². The lowest BCUT2D eigenvalue weighted by molar-refractivity contribution is 0.200. The van der Waals surface area contributed by atoms with Crippen LogP contribution in [0.5, 0.6) is 0 Å². The fraction of sp³-hybridized carbons (Fsp3) is 1.00. The number of rotatable bonds is 1. The molecule has 0 amide bonds. The molecule has 1 heteroatoms. The van der Waals surface area contributed by atoms with Crippen LogP contribution >= 0.6 is 0 Å². The van der Waals surface area contributed by atoms with E-state index in [4.69, 9.17) is 5.73 Å². The fourth-order valence-corrected chi connectivity index (χ4v) is 4.42. The maximum atomic E-state index is 6.34. The first-order valence-electron chi connectivity index (χ1n) is 6.12. The molecule has 4 atom stereocenters. The normalized spacial score (nSPS) is 50.5. The Morgan fingerprint density at radius 3 is 2.08 bits per heavy atom. The summed E-state index contributed by atoms with van der Waals surface area (Å²) < 4.78 is 0. The van der Waals surface area contributed by atoms with E-state index in [0.29, 0.717) is 6.04 Å². The Morgan fingerprint density at radius 1 is 0.769 bits per heavy atom. The molecule has 1 nitrogen and oxygen atoms in total. The Morgan fingerprint density at radius 2 is 1.46 bits per heavy atom. The Labute approximate surface area is 81.1 Å². The van der Waals surface area contributed by atoms with Gasteiger partial charge in [-0.05, 0) is 42.9 Å². The van der Waals surface area contributed by atoms with Crippen LogP contribution in [0.15, 0.2) is 0 Å². The van der Waals surface area contributed by atoms with Gasteiger partial charge in [0, 0.05) is 6.04 Å². The molecule has 3 saturated carbocycles. The van der Waals surface area contributed by atoms with E-state index in [2.05, 4.69) is 0 Å². The van der Waals surface area contributed by atoms with Gasteiger partial charge in [0.2, 0.25) is 0 Å². The van der Waals surface area contributed by atoms with Crippen molar-refractivity contribution >= 4 is 0 Å². The predicted molar refractivity (Wildman–Crippen MR) is 54.3 cm³/mol. The van der Waals surface area contributed by atoms with Crippen molar-refractivity contribution in [3.05, 3.63) is 0 Å². The maximum absolute atomic E-state index is 6.34. The smallest absolute Gasteiger partial charge is 0.0101 e. The van der Waals surface area contributed by atoms with Gasteiger partial charge in [0.15, 0.2) is 0 Å². The SMILES string of the molecule is N[C@H]1[C@@H]2CC[C@@H](C2)[C@@H]1C1CCCC1. The molecule has 74 valence electrons. The standard InChI is InChI=1S/C12H21N/c13-12-10-6-5-9(7-10)11(12)8-3-1-2-4-8/h8-12H,1-7,13H2/t9-,10+,11-,12-/m0/s1. The summed E-state index contributed by atoms with van der Waals surface area (Å²) in [6.07, 6.45) is 10.3. The molecule has 0 saturated heterocycles. The molecule has 3 aliphatic rings. The van der Waals surface area contributed by atoms with Crippen molar-refractivity contribution in [3.8, 4) is 0 Å². The van der Waals surface area contributed by atoms with Crippen molar-refractivity contribution in [1.82, 2.24) is 0 Å². The van der Waals surface area contributed by atoms with Gasteiger partial charge in [-0.2, -0.15) is 0 Å². The molecule has 3 fully saturated rings. The summed E-state index contributed by atoms with van der Waals surface area (Å²) in [6, 6.07) is 0.585. The molecule has 3 aliphatic carbocycles.